The van der Waals surface area contributed by atoms with Crippen LogP contribution >= 0.6 is 11.6 Å². The molecule has 49 heavy (non-hydrogen) atoms. The zero-order valence-electron chi connectivity index (χ0n) is 27.2. The van der Waals surface area contributed by atoms with Gasteiger partial charge >= 0.3 is 6.01 Å². The Labute approximate surface area is 287 Å². The average molecular weight is 683 g/mol. The first-order chi connectivity index (χ1) is 23.9. The minimum absolute atomic E-state index is 0.0288. The third kappa shape index (κ3) is 5.86. The van der Waals surface area contributed by atoms with E-state index in [1.54, 1.807) is 17.2 Å². The molecule has 3 fully saturated rings. The number of aromatic nitrogens is 5. The molecule has 8 rings (SSSR count). The average Bonchev–Trinajstić information content (AvgIpc) is 3.86. The number of aryl methyl sites for hydroxylation is 1. The second-order valence-electron chi connectivity index (χ2n) is 12.9. The van der Waals surface area contributed by atoms with Crippen molar-refractivity contribution in [3.63, 3.8) is 0 Å². The SMILES string of the molecule is CCc1noc(/C=C/C(=O)N2CCN(c3nc(OCC45CCCN4CCC5)nc4c(F)c(-c5cccc6cccc(Cl)c56)ncc34)CC2)n1. The van der Waals surface area contributed by atoms with E-state index in [1.165, 1.54) is 12.2 Å². The molecule has 3 aliphatic rings. The van der Waals surface area contributed by atoms with Crippen molar-refractivity contribution in [2.45, 2.75) is 44.6 Å². The highest BCUT2D eigenvalue weighted by Crippen LogP contribution is 2.40. The lowest BCUT2D eigenvalue weighted by molar-refractivity contribution is -0.126. The summed E-state index contributed by atoms with van der Waals surface area (Å²) >= 11 is 6.62. The number of hydrogen-bond donors (Lipinski definition) is 0. The second kappa shape index (κ2) is 13.0. The number of carbonyl (C=O) groups excluding carboxylic acids is 1. The van der Waals surface area contributed by atoms with E-state index < -0.39 is 5.82 Å². The number of ether oxygens (including phenoxy) is 1. The third-order valence-corrected chi connectivity index (χ3v) is 10.4. The zero-order chi connectivity index (χ0) is 33.5. The van der Waals surface area contributed by atoms with Gasteiger partial charge in [0.2, 0.25) is 5.91 Å². The van der Waals surface area contributed by atoms with Gasteiger partial charge in [-0.2, -0.15) is 15.0 Å². The van der Waals surface area contributed by atoms with Crippen molar-refractivity contribution < 1.29 is 18.4 Å². The molecular weight excluding hydrogens is 647 g/mol. The number of amides is 1. The standard InChI is InChI=1S/C36H36ClFN8O3/c1-2-27-40-28(49-43-27)11-12-29(47)44-17-19-45(20-18-44)34-25-21-39-32(24-9-3-7-23-8-4-10-26(37)30(23)24)31(38)33(25)41-35(42-34)48-22-36-13-5-15-46(36)16-6-14-36/h3-4,7-12,21H,2,5-6,13-20,22H2,1H3/b12-11+. The smallest absolute Gasteiger partial charge is 0.319 e. The van der Waals surface area contributed by atoms with E-state index in [9.17, 15) is 4.79 Å². The molecule has 6 heterocycles. The maximum atomic E-state index is 16.8. The van der Waals surface area contributed by atoms with Crippen LogP contribution in [0.15, 0.2) is 53.2 Å². The van der Waals surface area contributed by atoms with Gasteiger partial charge in [0.15, 0.2) is 11.6 Å². The molecule has 3 aliphatic heterocycles. The molecule has 13 heteroatoms. The molecular formula is C36H36ClFN8O3. The Morgan fingerprint density at radius 2 is 1.82 bits per heavy atom. The highest BCUT2D eigenvalue weighted by molar-refractivity contribution is 6.36. The number of anilines is 1. The lowest BCUT2D eigenvalue weighted by Gasteiger charge is -2.35. The number of fused-ring (bicyclic) bond motifs is 3. The Morgan fingerprint density at radius 3 is 2.57 bits per heavy atom. The van der Waals surface area contributed by atoms with Crippen LogP contribution in [0.1, 0.15) is 44.3 Å². The van der Waals surface area contributed by atoms with Crippen LogP contribution in [0.4, 0.5) is 10.2 Å². The van der Waals surface area contributed by atoms with Crippen LogP contribution < -0.4 is 9.64 Å². The molecule has 252 valence electrons. The molecule has 0 aliphatic carbocycles. The van der Waals surface area contributed by atoms with Gasteiger partial charge in [-0.15, -0.1) is 0 Å². The van der Waals surface area contributed by atoms with Crippen molar-refractivity contribution >= 4 is 51.1 Å². The van der Waals surface area contributed by atoms with Crippen LogP contribution in [-0.2, 0) is 11.2 Å². The molecule has 3 saturated heterocycles. The minimum atomic E-state index is -0.564. The quantitative estimate of drug-likeness (QED) is 0.182. The number of pyridine rings is 1. The monoisotopic (exact) mass is 682 g/mol. The number of hydrogen-bond acceptors (Lipinski definition) is 10. The van der Waals surface area contributed by atoms with Crippen LogP contribution in [-0.4, -0.2) is 92.2 Å². The van der Waals surface area contributed by atoms with Gasteiger partial charge in [0.25, 0.3) is 5.89 Å². The first-order valence-electron chi connectivity index (χ1n) is 16.9. The van der Waals surface area contributed by atoms with Gasteiger partial charge in [-0.05, 0) is 50.2 Å². The number of nitrogens with zero attached hydrogens (tertiary/aromatic N) is 8. The van der Waals surface area contributed by atoms with E-state index in [1.807, 2.05) is 42.2 Å². The van der Waals surface area contributed by atoms with Crippen molar-refractivity contribution in [2.75, 3.05) is 50.8 Å². The topological polar surface area (TPSA) is 114 Å². The summed E-state index contributed by atoms with van der Waals surface area (Å²) in [5.74, 6) is 0.688. The Kier molecular flexibility index (Phi) is 8.36. The summed E-state index contributed by atoms with van der Waals surface area (Å²) in [7, 11) is 0. The van der Waals surface area contributed by atoms with E-state index >= 15 is 4.39 Å². The molecule has 0 saturated carbocycles. The van der Waals surface area contributed by atoms with Crippen LogP contribution in [0.3, 0.4) is 0 Å². The zero-order valence-corrected chi connectivity index (χ0v) is 28.0. The van der Waals surface area contributed by atoms with E-state index in [0.717, 1.165) is 49.5 Å². The summed E-state index contributed by atoms with van der Waals surface area (Å²) in [4.78, 5) is 37.7. The van der Waals surface area contributed by atoms with E-state index in [-0.39, 0.29) is 28.7 Å². The summed E-state index contributed by atoms with van der Waals surface area (Å²) in [6.07, 6.45) is 9.66. The molecule has 11 nitrogen and oxygen atoms in total. The molecule has 2 aromatic carbocycles. The van der Waals surface area contributed by atoms with Crippen LogP contribution in [0.5, 0.6) is 6.01 Å². The van der Waals surface area contributed by atoms with Crippen LogP contribution in [0.25, 0.3) is 39.0 Å². The molecule has 0 spiro atoms. The molecule has 0 bridgehead atoms. The summed E-state index contributed by atoms with van der Waals surface area (Å²) < 4.78 is 28.3. The molecule has 0 N–H and O–H groups in total. The number of piperazine rings is 1. The van der Waals surface area contributed by atoms with Crippen molar-refractivity contribution in [1.82, 2.24) is 34.9 Å². The Bertz CT molecular complexity index is 2060. The third-order valence-electron chi connectivity index (χ3n) is 10.1. The summed E-state index contributed by atoms with van der Waals surface area (Å²) in [5, 5.41) is 6.48. The molecule has 0 radical (unpaired) electrons. The number of benzene rings is 2. The van der Waals surface area contributed by atoms with Gasteiger partial charge in [-0.1, -0.05) is 54.0 Å². The fourth-order valence-corrected chi connectivity index (χ4v) is 7.82. The predicted molar refractivity (Wildman–Crippen MR) is 185 cm³/mol. The van der Waals surface area contributed by atoms with E-state index in [0.29, 0.717) is 72.7 Å². The fourth-order valence-electron chi connectivity index (χ4n) is 7.53. The van der Waals surface area contributed by atoms with Crippen molar-refractivity contribution in [3.05, 3.63) is 71.2 Å². The normalized spacial score (nSPS) is 17.9. The minimum Gasteiger partial charge on any atom is -0.461 e. The Morgan fingerprint density at radius 1 is 1.04 bits per heavy atom. The molecule has 5 aromatic rings. The van der Waals surface area contributed by atoms with Crippen molar-refractivity contribution in [1.29, 1.82) is 0 Å². The van der Waals surface area contributed by atoms with Crippen molar-refractivity contribution in [2.24, 2.45) is 0 Å². The van der Waals surface area contributed by atoms with Gasteiger partial charge in [0.05, 0.1) is 10.9 Å². The molecule has 1 amide bonds. The molecule has 0 atom stereocenters. The Hall–Kier alpha value is -4.68. The first-order valence-corrected chi connectivity index (χ1v) is 17.3. The maximum Gasteiger partial charge on any atom is 0.319 e. The van der Waals surface area contributed by atoms with Gasteiger partial charge in [-0.3, -0.25) is 14.7 Å². The lowest BCUT2D eigenvalue weighted by Crippen LogP contribution is -2.48. The van der Waals surface area contributed by atoms with Gasteiger partial charge in [0.1, 0.15) is 23.6 Å². The van der Waals surface area contributed by atoms with Crippen molar-refractivity contribution in [3.8, 4) is 17.3 Å². The van der Waals surface area contributed by atoms with E-state index in [2.05, 4.69) is 25.0 Å². The largest absolute Gasteiger partial charge is 0.461 e. The lowest BCUT2D eigenvalue weighted by atomic mass is 9.95. The molecule has 0 unspecified atom stereocenters. The number of rotatable bonds is 8. The summed E-state index contributed by atoms with van der Waals surface area (Å²) in [6.45, 7) is 6.35. The van der Waals surface area contributed by atoms with E-state index in [4.69, 9.17) is 25.8 Å². The Balaban J connectivity index is 1.12. The second-order valence-corrected chi connectivity index (χ2v) is 13.3. The fraction of sp³-hybridized carbons (Fsp3) is 0.389. The van der Waals surface area contributed by atoms with Crippen LogP contribution in [0, 0.1) is 5.82 Å². The highest BCUT2D eigenvalue weighted by Gasteiger charge is 2.45. The highest BCUT2D eigenvalue weighted by atomic mass is 35.5. The van der Waals surface area contributed by atoms with Crippen LogP contribution in [0.2, 0.25) is 5.02 Å². The van der Waals surface area contributed by atoms with Gasteiger partial charge in [0, 0.05) is 66.9 Å². The van der Waals surface area contributed by atoms with Gasteiger partial charge in [-0.25, -0.2) is 4.39 Å². The summed E-state index contributed by atoms with van der Waals surface area (Å²) in [6, 6.07) is 11.4. The first kappa shape index (κ1) is 31.6. The van der Waals surface area contributed by atoms with Gasteiger partial charge < -0.3 is 19.1 Å². The molecule has 3 aromatic heterocycles. The number of halogens is 2. The predicted octanol–water partition coefficient (Wildman–Crippen LogP) is 5.95. The summed E-state index contributed by atoms with van der Waals surface area (Å²) in [5.41, 5.74) is 0.850. The maximum absolute atomic E-state index is 16.8. The number of carbonyl (C=O) groups is 1.